The van der Waals surface area contributed by atoms with Gasteiger partial charge in [0.15, 0.2) is 5.13 Å². The molecule has 2 bridgehead atoms. The Morgan fingerprint density at radius 2 is 2.16 bits per heavy atom. The quantitative estimate of drug-likeness (QED) is 0.692. The van der Waals surface area contributed by atoms with Crippen LogP contribution in [-0.2, 0) is 16.0 Å². The van der Waals surface area contributed by atoms with Crippen molar-refractivity contribution in [3.63, 3.8) is 0 Å². The van der Waals surface area contributed by atoms with E-state index in [0.29, 0.717) is 53.9 Å². The van der Waals surface area contributed by atoms with Gasteiger partial charge in [0.25, 0.3) is 11.8 Å². The monoisotopic (exact) mass is 454 g/mol. The van der Waals surface area contributed by atoms with Crippen molar-refractivity contribution in [2.45, 2.75) is 44.4 Å². The summed E-state index contributed by atoms with van der Waals surface area (Å²) in [6, 6.07) is 4.80. The number of carbonyl (C=O) groups excluding carboxylic acids is 3. The van der Waals surface area contributed by atoms with Gasteiger partial charge in [-0.3, -0.25) is 9.59 Å². The summed E-state index contributed by atoms with van der Waals surface area (Å²) in [5, 5.41) is 3.73. The second-order valence-electron chi connectivity index (χ2n) is 9.24. The molecule has 2 amide bonds. The van der Waals surface area contributed by atoms with Gasteiger partial charge in [0, 0.05) is 23.9 Å². The number of nitrogens with zero attached hydrogens (tertiary/aromatic N) is 3. The summed E-state index contributed by atoms with van der Waals surface area (Å²) in [6.45, 7) is 5.43. The van der Waals surface area contributed by atoms with Crippen LogP contribution < -0.4 is 15.0 Å². The lowest BCUT2D eigenvalue weighted by Gasteiger charge is -2.30. The first kappa shape index (κ1) is 19.5. The van der Waals surface area contributed by atoms with E-state index in [9.17, 15) is 14.4 Å². The number of ether oxygens (including phenoxy) is 2. The zero-order chi connectivity index (χ0) is 22.2. The first-order valence-corrected chi connectivity index (χ1v) is 11.5. The maximum Gasteiger partial charge on any atom is 0.329 e. The first-order chi connectivity index (χ1) is 15.3. The van der Waals surface area contributed by atoms with E-state index >= 15 is 0 Å². The molecule has 2 atom stereocenters. The Labute approximate surface area is 188 Å². The van der Waals surface area contributed by atoms with Gasteiger partial charge in [0.2, 0.25) is 0 Å². The standard InChI is InChI=1S/C22H22N4O5S/c1-22(2)9-13-17(18(27)24-22)32-21(23-13)25-5-6-30-16-4-3-11(7-14(16)25)19(28)26-10-12-8-15(26)20(29)31-12/h3-4,7,12,15H,5-6,8-10H2,1-2H3,(H,24,27)/t12-,15+/m0/s1. The highest BCUT2D eigenvalue weighted by Gasteiger charge is 2.48. The van der Waals surface area contributed by atoms with E-state index in [-0.39, 0.29) is 29.4 Å². The van der Waals surface area contributed by atoms with E-state index in [1.165, 1.54) is 11.3 Å². The maximum absolute atomic E-state index is 13.2. The highest BCUT2D eigenvalue weighted by molar-refractivity contribution is 7.17. The highest BCUT2D eigenvalue weighted by atomic mass is 32.1. The largest absolute Gasteiger partial charge is 0.490 e. The Balaban J connectivity index is 1.34. The number of amides is 2. The fourth-order valence-electron chi connectivity index (χ4n) is 4.87. The van der Waals surface area contributed by atoms with Crippen LogP contribution in [0.2, 0.25) is 0 Å². The van der Waals surface area contributed by atoms with Gasteiger partial charge in [-0.05, 0) is 32.0 Å². The number of carbonyl (C=O) groups is 3. The number of aromatic nitrogens is 1. The maximum atomic E-state index is 13.2. The van der Waals surface area contributed by atoms with Crippen LogP contribution in [0.3, 0.4) is 0 Å². The molecule has 4 aliphatic heterocycles. The zero-order valence-corrected chi connectivity index (χ0v) is 18.5. The molecule has 2 aromatic rings. The minimum atomic E-state index is -0.497. The van der Waals surface area contributed by atoms with Crippen molar-refractivity contribution in [3.8, 4) is 5.75 Å². The number of esters is 1. The fraction of sp³-hybridized carbons (Fsp3) is 0.455. The number of fused-ring (bicyclic) bond motifs is 4. The molecule has 32 heavy (non-hydrogen) atoms. The summed E-state index contributed by atoms with van der Waals surface area (Å²) in [7, 11) is 0. The predicted molar refractivity (Wildman–Crippen MR) is 116 cm³/mol. The normalized spacial score (nSPS) is 25.1. The van der Waals surface area contributed by atoms with Gasteiger partial charge in [0.05, 0.1) is 24.5 Å². The Morgan fingerprint density at radius 1 is 1.31 bits per heavy atom. The molecule has 4 aliphatic rings. The molecule has 5 heterocycles. The molecule has 0 aliphatic carbocycles. The van der Waals surface area contributed by atoms with Gasteiger partial charge in [-0.2, -0.15) is 0 Å². The van der Waals surface area contributed by atoms with Crippen molar-refractivity contribution in [3.05, 3.63) is 34.3 Å². The second-order valence-corrected chi connectivity index (χ2v) is 10.2. The Kier molecular flexibility index (Phi) is 4.08. The molecule has 166 valence electrons. The van der Waals surface area contributed by atoms with Gasteiger partial charge in [-0.1, -0.05) is 11.3 Å². The molecule has 9 nitrogen and oxygen atoms in total. The first-order valence-electron chi connectivity index (χ1n) is 10.7. The third kappa shape index (κ3) is 2.96. The lowest BCUT2D eigenvalue weighted by atomic mass is 9.94. The van der Waals surface area contributed by atoms with Crippen molar-refractivity contribution in [1.29, 1.82) is 0 Å². The van der Waals surface area contributed by atoms with Crippen molar-refractivity contribution in [2.75, 3.05) is 24.6 Å². The van der Waals surface area contributed by atoms with E-state index < -0.39 is 6.04 Å². The van der Waals surface area contributed by atoms with Gasteiger partial charge >= 0.3 is 5.97 Å². The Bertz CT molecular complexity index is 1180. The lowest BCUT2D eigenvalue weighted by Crippen LogP contribution is -2.48. The Morgan fingerprint density at radius 3 is 2.94 bits per heavy atom. The molecular weight excluding hydrogens is 432 g/mol. The molecule has 0 radical (unpaired) electrons. The van der Waals surface area contributed by atoms with E-state index in [1.54, 1.807) is 23.1 Å². The third-order valence-electron chi connectivity index (χ3n) is 6.33. The van der Waals surface area contributed by atoms with Gasteiger partial charge in [-0.25, -0.2) is 9.78 Å². The SMILES string of the molecule is CC1(C)Cc2nc(N3CCOc4ccc(C(=O)N5C[C@@H]6C[C@@H]5C(=O)O6)cc43)sc2C(=O)N1. The molecule has 0 unspecified atom stereocenters. The molecule has 10 heteroatoms. The van der Waals surface area contributed by atoms with Crippen molar-refractivity contribution in [1.82, 2.24) is 15.2 Å². The summed E-state index contributed by atoms with van der Waals surface area (Å²) in [4.78, 5) is 46.7. The summed E-state index contributed by atoms with van der Waals surface area (Å²) < 4.78 is 11.0. The average molecular weight is 455 g/mol. The minimum Gasteiger partial charge on any atom is -0.490 e. The topological polar surface area (TPSA) is 101 Å². The molecule has 2 saturated heterocycles. The molecule has 2 fully saturated rings. The number of benzene rings is 1. The van der Waals surface area contributed by atoms with E-state index in [0.717, 1.165) is 11.4 Å². The minimum absolute atomic E-state index is 0.103. The van der Waals surface area contributed by atoms with Crippen LogP contribution in [0.25, 0.3) is 0 Å². The van der Waals surface area contributed by atoms with Crippen LogP contribution in [-0.4, -0.2) is 65.0 Å². The van der Waals surface area contributed by atoms with Crippen molar-refractivity contribution < 1.29 is 23.9 Å². The van der Waals surface area contributed by atoms with Crippen LogP contribution in [0.5, 0.6) is 5.75 Å². The van der Waals surface area contributed by atoms with Crippen LogP contribution in [0.15, 0.2) is 18.2 Å². The summed E-state index contributed by atoms with van der Waals surface area (Å²) in [5.74, 6) is 0.0376. The number of hydrogen-bond acceptors (Lipinski definition) is 8. The Hall–Kier alpha value is -3.14. The zero-order valence-electron chi connectivity index (χ0n) is 17.7. The van der Waals surface area contributed by atoms with E-state index in [1.807, 2.05) is 18.7 Å². The van der Waals surface area contributed by atoms with Crippen molar-refractivity contribution in [2.24, 2.45) is 0 Å². The summed E-state index contributed by atoms with van der Waals surface area (Å²) >= 11 is 1.35. The van der Waals surface area contributed by atoms with Crippen LogP contribution in [0.1, 0.15) is 46.0 Å². The summed E-state index contributed by atoms with van der Waals surface area (Å²) in [5.41, 5.74) is 1.68. The molecule has 1 aromatic heterocycles. The van der Waals surface area contributed by atoms with Gasteiger partial charge in [0.1, 0.15) is 29.4 Å². The predicted octanol–water partition coefficient (Wildman–Crippen LogP) is 1.88. The van der Waals surface area contributed by atoms with E-state index in [2.05, 4.69) is 5.32 Å². The molecular formula is C22H22N4O5S. The number of rotatable bonds is 2. The number of likely N-dealkylation sites (tertiary alicyclic amines) is 1. The number of hydrogen-bond donors (Lipinski definition) is 1. The molecule has 6 rings (SSSR count). The number of anilines is 2. The number of nitrogens with one attached hydrogen (secondary N) is 1. The van der Waals surface area contributed by atoms with E-state index in [4.69, 9.17) is 14.5 Å². The molecule has 0 saturated carbocycles. The molecule has 1 N–H and O–H groups in total. The van der Waals surface area contributed by atoms with Crippen LogP contribution in [0, 0.1) is 0 Å². The van der Waals surface area contributed by atoms with Crippen molar-refractivity contribution >= 4 is 39.9 Å². The van der Waals surface area contributed by atoms with Gasteiger partial charge in [-0.15, -0.1) is 0 Å². The number of morpholine rings is 1. The lowest BCUT2D eigenvalue weighted by molar-refractivity contribution is -0.149. The highest BCUT2D eigenvalue weighted by Crippen LogP contribution is 2.41. The van der Waals surface area contributed by atoms with Crippen LogP contribution >= 0.6 is 11.3 Å². The second kappa shape index (κ2) is 6.68. The van der Waals surface area contributed by atoms with Gasteiger partial charge < -0.3 is 24.6 Å². The molecule has 1 aromatic carbocycles. The fourth-order valence-corrected chi connectivity index (χ4v) is 5.89. The summed E-state index contributed by atoms with van der Waals surface area (Å²) in [6.07, 6.45) is 1.02. The smallest absolute Gasteiger partial charge is 0.329 e. The van der Waals surface area contributed by atoms with Crippen LogP contribution in [0.4, 0.5) is 10.8 Å². The third-order valence-corrected chi connectivity index (χ3v) is 7.45. The average Bonchev–Trinajstić information content (AvgIpc) is 3.45. The number of thiazole rings is 1. The molecule has 0 spiro atoms.